The molecule has 3 heterocycles. The van der Waals surface area contributed by atoms with Crippen molar-refractivity contribution < 1.29 is 8.83 Å². The zero-order chi connectivity index (χ0) is 40.7. The molecular weight excluding hydrogens is 775 g/mol. The smallest absolute Gasteiger partial charge is 0.143 e. The maximum atomic E-state index is 6.55. The second-order valence-electron chi connectivity index (χ2n) is 16.0. The Morgan fingerprint density at radius 2 is 0.887 bits per heavy atom. The van der Waals surface area contributed by atoms with Gasteiger partial charge in [0.05, 0.1) is 0 Å². The monoisotopic (exact) mass is 809 g/mol. The topological polar surface area (TPSA) is 29.5 Å². The van der Waals surface area contributed by atoms with Crippen LogP contribution in [0.2, 0.25) is 0 Å². The molecular formula is C58H35NO2S. The van der Waals surface area contributed by atoms with Crippen molar-refractivity contribution in [1.29, 1.82) is 0 Å². The number of furan rings is 2. The number of para-hydroxylation sites is 1. The van der Waals surface area contributed by atoms with Crippen molar-refractivity contribution in [2.45, 2.75) is 0 Å². The first-order valence-corrected chi connectivity index (χ1v) is 21.8. The van der Waals surface area contributed by atoms with Gasteiger partial charge in [-0.2, -0.15) is 0 Å². The quantitative estimate of drug-likeness (QED) is 0.168. The van der Waals surface area contributed by atoms with E-state index in [1.54, 1.807) is 0 Å². The van der Waals surface area contributed by atoms with Crippen LogP contribution in [0.1, 0.15) is 0 Å². The largest absolute Gasteiger partial charge is 0.456 e. The summed E-state index contributed by atoms with van der Waals surface area (Å²) in [5, 5.41) is 9.46. The predicted molar refractivity (Wildman–Crippen MR) is 262 cm³/mol. The summed E-state index contributed by atoms with van der Waals surface area (Å²) in [6, 6.07) is 76.3. The molecule has 13 aromatic rings. The highest BCUT2D eigenvalue weighted by Gasteiger charge is 2.18. The molecule has 0 atom stereocenters. The maximum absolute atomic E-state index is 6.55. The van der Waals surface area contributed by atoms with Gasteiger partial charge >= 0.3 is 0 Å². The molecule has 3 aromatic heterocycles. The molecule has 0 aliphatic heterocycles. The van der Waals surface area contributed by atoms with E-state index in [1.807, 2.05) is 23.5 Å². The molecule has 4 heteroatoms. The summed E-state index contributed by atoms with van der Waals surface area (Å²) >= 11 is 1.86. The number of nitrogens with zero attached hydrogens (tertiary/aromatic N) is 1. The first-order valence-electron chi connectivity index (χ1n) is 21.0. The minimum atomic E-state index is 0.894. The Hall–Kier alpha value is -7.92. The predicted octanol–water partition coefficient (Wildman–Crippen LogP) is 17.5. The Morgan fingerprint density at radius 3 is 1.65 bits per heavy atom. The van der Waals surface area contributed by atoms with E-state index in [0.29, 0.717) is 0 Å². The van der Waals surface area contributed by atoms with Crippen LogP contribution >= 0.6 is 11.3 Å². The van der Waals surface area contributed by atoms with Gasteiger partial charge < -0.3 is 13.7 Å². The van der Waals surface area contributed by atoms with Crippen molar-refractivity contribution in [1.82, 2.24) is 0 Å². The highest BCUT2D eigenvalue weighted by molar-refractivity contribution is 7.25. The highest BCUT2D eigenvalue weighted by atomic mass is 32.1. The van der Waals surface area contributed by atoms with Gasteiger partial charge in [-0.25, -0.2) is 0 Å². The third-order valence-corrected chi connectivity index (χ3v) is 13.6. The fourth-order valence-electron chi connectivity index (χ4n) is 9.55. The molecule has 0 N–H and O–H groups in total. The minimum absolute atomic E-state index is 0.894. The van der Waals surface area contributed by atoms with Crippen molar-refractivity contribution in [3.05, 3.63) is 212 Å². The lowest BCUT2D eigenvalue weighted by Crippen LogP contribution is -2.09. The molecule has 0 saturated heterocycles. The van der Waals surface area contributed by atoms with E-state index in [0.717, 1.165) is 88.6 Å². The van der Waals surface area contributed by atoms with Crippen LogP contribution < -0.4 is 4.90 Å². The molecule has 0 radical (unpaired) electrons. The lowest BCUT2D eigenvalue weighted by molar-refractivity contribution is 0.669. The molecule has 0 aliphatic rings. The van der Waals surface area contributed by atoms with Gasteiger partial charge in [0.2, 0.25) is 0 Å². The first kappa shape index (κ1) is 34.9. The van der Waals surface area contributed by atoms with Crippen LogP contribution in [0.5, 0.6) is 0 Å². The minimum Gasteiger partial charge on any atom is -0.456 e. The third kappa shape index (κ3) is 5.51. The van der Waals surface area contributed by atoms with Crippen molar-refractivity contribution in [2.24, 2.45) is 0 Å². The number of anilines is 3. The Balaban J connectivity index is 0.913. The van der Waals surface area contributed by atoms with E-state index >= 15 is 0 Å². The normalized spacial score (nSPS) is 11.9. The molecule has 0 amide bonds. The van der Waals surface area contributed by atoms with Crippen LogP contribution in [0.3, 0.4) is 0 Å². The van der Waals surface area contributed by atoms with Gasteiger partial charge in [-0.15, -0.1) is 11.3 Å². The Labute approximate surface area is 360 Å². The summed E-state index contributed by atoms with van der Waals surface area (Å²) in [6.45, 7) is 0. The fraction of sp³-hybridized carbons (Fsp3) is 0. The van der Waals surface area contributed by atoms with Gasteiger partial charge in [0.1, 0.15) is 22.3 Å². The standard InChI is InChI=1S/C58H35NO2S/c1-2-10-46-37(9-1)25-33-49-56-44(13-7-16-53(56)61-58(46)49)38-21-29-42(30-22-38)59(41-27-19-36(20-28-41)40-26-34-52-50(35-40)47-11-3-5-15-51(47)60-52)43-31-23-39(24-32-43)45-14-8-18-55-57(45)48-12-4-6-17-54(48)62-55/h1-35H. The fourth-order valence-corrected chi connectivity index (χ4v) is 10.7. The molecule has 0 spiro atoms. The second kappa shape index (κ2) is 13.8. The zero-order valence-corrected chi connectivity index (χ0v) is 34.2. The number of rotatable bonds is 6. The number of hydrogen-bond donors (Lipinski definition) is 0. The van der Waals surface area contributed by atoms with Crippen LogP contribution in [0.25, 0.3) is 108 Å². The summed E-state index contributed by atoms with van der Waals surface area (Å²) < 4.78 is 15.3. The highest BCUT2D eigenvalue weighted by Crippen LogP contribution is 2.44. The Bertz CT molecular complexity index is 3850. The molecule has 0 bridgehead atoms. The Morgan fingerprint density at radius 1 is 0.323 bits per heavy atom. The van der Waals surface area contributed by atoms with E-state index in [1.165, 1.54) is 36.7 Å². The molecule has 0 saturated carbocycles. The number of benzene rings is 10. The van der Waals surface area contributed by atoms with Crippen LogP contribution in [0, 0.1) is 0 Å². The van der Waals surface area contributed by atoms with Crippen molar-refractivity contribution in [3.8, 4) is 33.4 Å². The van der Waals surface area contributed by atoms with Crippen LogP contribution in [-0.4, -0.2) is 0 Å². The van der Waals surface area contributed by atoms with Crippen molar-refractivity contribution in [3.63, 3.8) is 0 Å². The van der Waals surface area contributed by atoms with Crippen LogP contribution in [0.15, 0.2) is 221 Å². The average Bonchev–Trinajstić information content (AvgIpc) is 4.04. The van der Waals surface area contributed by atoms with Gasteiger partial charge in [0.25, 0.3) is 0 Å². The number of fused-ring (bicyclic) bond motifs is 11. The van der Waals surface area contributed by atoms with Crippen molar-refractivity contribution in [2.75, 3.05) is 4.90 Å². The van der Waals surface area contributed by atoms with Gasteiger partial charge in [-0.1, -0.05) is 133 Å². The molecule has 0 aliphatic carbocycles. The number of thiophene rings is 1. The van der Waals surface area contributed by atoms with Gasteiger partial charge in [-0.3, -0.25) is 0 Å². The van der Waals surface area contributed by atoms with E-state index in [9.17, 15) is 0 Å². The van der Waals surface area contributed by atoms with E-state index < -0.39 is 0 Å². The molecule has 3 nitrogen and oxygen atoms in total. The SMILES string of the molecule is c1ccc2c(c1)ccc1c2oc2cccc(-c3ccc(N(c4ccc(-c5ccc6oc7ccccc7c6c5)cc4)c4ccc(-c5cccc6sc7ccccc7c56)cc4)cc3)c21. The summed E-state index contributed by atoms with van der Waals surface area (Å²) in [5.41, 5.74) is 13.9. The zero-order valence-electron chi connectivity index (χ0n) is 33.4. The molecule has 13 rings (SSSR count). The molecule has 62 heavy (non-hydrogen) atoms. The molecule has 290 valence electrons. The summed E-state index contributed by atoms with van der Waals surface area (Å²) in [6.07, 6.45) is 0. The van der Waals surface area contributed by atoms with E-state index in [2.05, 4.69) is 205 Å². The van der Waals surface area contributed by atoms with Crippen LogP contribution in [-0.2, 0) is 0 Å². The second-order valence-corrected chi connectivity index (χ2v) is 17.1. The third-order valence-electron chi connectivity index (χ3n) is 12.5. The molecule has 0 fully saturated rings. The van der Waals surface area contributed by atoms with Gasteiger partial charge in [0.15, 0.2) is 0 Å². The average molecular weight is 810 g/mol. The lowest BCUT2D eigenvalue weighted by atomic mass is 9.97. The summed E-state index contributed by atoms with van der Waals surface area (Å²) in [4.78, 5) is 2.35. The maximum Gasteiger partial charge on any atom is 0.143 e. The number of hydrogen-bond acceptors (Lipinski definition) is 4. The van der Waals surface area contributed by atoms with Crippen LogP contribution in [0.4, 0.5) is 17.1 Å². The Kier molecular flexibility index (Phi) is 7.78. The first-order chi connectivity index (χ1) is 30.7. The van der Waals surface area contributed by atoms with Gasteiger partial charge in [0, 0.05) is 64.2 Å². The van der Waals surface area contributed by atoms with E-state index in [4.69, 9.17) is 8.83 Å². The molecule has 0 unspecified atom stereocenters. The lowest BCUT2D eigenvalue weighted by Gasteiger charge is -2.26. The summed E-state index contributed by atoms with van der Waals surface area (Å²) in [7, 11) is 0. The summed E-state index contributed by atoms with van der Waals surface area (Å²) in [5.74, 6) is 0. The van der Waals surface area contributed by atoms with Gasteiger partial charge in [-0.05, 0) is 118 Å². The van der Waals surface area contributed by atoms with E-state index in [-0.39, 0.29) is 0 Å². The van der Waals surface area contributed by atoms with Crippen molar-refractivity contribution >= 4 is 103 Å². The molecule has 10 aromatic carbocycles.